The molecule has 2 aromatic carbocycles. The van der Waals surface area contributed by atoms with E-state index in [1.54, 1.807) is 6.07 Å². The molecule has 0 spiro atoms. The summed E-state index contributed by atoms with van der Waals surface area (Å²) < 4.78 is 5.68. The van der Waals surface area contributed by atoms with Crippen LogP contribution in [-0.2, 0) is 17.6 Å². The number of carbonyl (C=O) groups excluding carboxylic acids is 2. The molecule has 0 radical (unpaired) electrons. The molecule has 0 N–H and O–H groups in total. The SMILES string of the molecule is O=C(Cc1cc2ccccc2o1)C1Cc2ccccc2C1=O. The Balaban J connectivity index is 1.57. The van der Waals surface area contributed by atoms with Crippen LogP contribution in [0.5, 0.6) is 0 Å². The smallest absolute Gasteiger partial charge is 0.173 e. The molecule has 0 amide bonds. The molecule has 1 atom stereocenters. The number of ketones is 2. The largest absolute Gasteiger partial charge is 0.461 e. The van der Waals surface area contributed by atoms with Crippen LogP contribution in [0.3, 0.4) is 0 Å². The van der Waals surface area contributed by atoms with E-state index in [1.807, 2.05) is 48.5 Å². The average molecular weight is 290 g/mol. The molecule has 0 fully saturated rings. The first-order valence-corrected chi connectivity index (χ1v) is 7.34. The lowest BCUT2D eigenvalue weighted by atomic mass is 9.96. The molecular weight excluding hydrogens is 276 g/mol. The summed E-state index contributed by atoms with van der Waals surface area (Å²) in [5.74, 6) is -0.0717. The number of rotatable bonds is 3. The van der Waals surface area contributed by atoms with E-state index in [0.717, 1.165) is 16.5 Å². The molecule has 1 aromatic heterocycles. The maximum Gasteiger partial charge on any atom is 0.173 e. The summed E-state index contributed by atoms with van der Waals surface area (Å²) in [5, 5.41) is 0.978. The van der Waals surface area contributed by atoms with E-state index in [-0.39, 0.29) is 18.0 Å². The van der Waals surface area contributed by atoms with Gasteiger partial charge >= 0.3 is 0 Å². The van der Waals surface area contributed by atoms with Crippen LogP contribution in [0, 0.1) is 5.92 Å². The average Bonchev–Trinajstić information content (AvgIpc) is 3.08. The van der Waals surface area contributed by atoms with Crippen molar-refractivity contribution in [3.63, 3.8) is 0 Å². The normalized spacial score (nSPS) is 16.9. The third-order valence-electron chi connectivity index (χ3n) is 4.24. The molecule has 0 aliphatic heterocycles. The Morgan fingerprint density at radius 2 is 1.86 bits per heavy atom. The number of carbonyl (C=O) groups is 2. The summed E-state index contributed by atoms with van der Waals surface area (Å²) >= 11 is 0. The molecule has 1 unspecified atom stereocenters. The molecule has 0 saturated heterocycles. The highest BCUT2D eigenvalue weighted by atomic mass is 16.3. The molecule has 4 rings (SSSR count). The molecule has 0 bridgehead atoms. The van der Waals surface area contributed by atoms with E-state index < -0.39 is 5.92 Å². The van der Waals surface area contributed by atoms with Gasteiger partial charge < -0.3 is 4.42 Å². The summed E-state index contributed by atoms with van der Waals surface area (Å²) in [6.07, 6.45) is 0.674. The summed E-state index contributed by atoms with van der Waals surface area (Å²) in [6, 6.07) is 17.0. The topological polar surface area (TPSA) is 47.3 Å². The van der Waals surface area contributed by atoms with Crippen molar-refractivity contribution in [2.75, 3.05) is 0 Å². The number of hydrogen-bond donors (Lipinski definition) is 0. The Bertz CT molecular complexity index is 855. The van der Waals surface area contributed by atoms with Gasteiger partial charge in [0, 0.05) is 10.9 Å². The zero-order chi connectivity index (χ0) is 15.1. The number of furan rings is 1. The molecule has 0 saturated carbocycles. The highest BCUT2D eigenvalue weighted by Gasteiger charge is 2.35. The van der Waals surface area contributed by atoms with Crippen LogP contribution in [0.1, 0.15) is 21.7 Å². The summed E-state index contributed by atoms with van der Waals surface area (Å²) in [4.78, 5) is 24.8. The lowest BCUT2D eigenvalue weighted by molar-refractivity contribution is -0.120. The van der Waals surface area contributed by atoms with Gasteiger partial charge in [0.05, 0.1) is 12.3 Å². The van der Waals surface area contributed by atoms with Crippen molar-refractivity contribution < 1.29 is 14.0 Å². The van der Waals surface area contributed by atoms with Crippen LogP contribution in [0.4, 0.5) is 0 Å². The molecule has 22 heavy (non-hydrogen) atoms. The Morgan fingerprint density at radius 1 is 1.09 bits per heavy atom. The Morgan fingerprint density at radius 3 is 2.68 bits per heavy atom. The first-order chi connectivity index (χ1) is 10.7. The van der Waals surface area contributed by atoms with E-state index in [1.165, 1.54) is 0 Å². The molecule has 1 heterocycles. The van der Waals surface area contributed by atoms with E-state index in [2.05, 4.69) is 0 Å². The van der Waals surface area contributed by atoms with Crippen molar-refractivity contribution >= 4 is 22.5 Å². The number of benzene rings is 2. The van der Waals surface area contributed by atoms with Gasteiger partial charge in [-0.25, -0.2) is 0 Å². The van der Waals surface area contributed by atoms with Crippen LogP contribution >= 0.6 is 0 Å². The van der Waals surface area contributed by atoms with Crippen molar-refractivity contribution in [1.29, 1.82) is 0 Å². The monoisotopic (exact) mass is 290 g/mol. The summed E-state index contributed by atoms with van der Waals surface area (Å²) in [5.41, 5.74) is 2.42. The lowest BCUT2D eigenvalue weighted by Gasteiger charge is -2.04. The van der Waals surface area contributed by atoms with Crippen molar-refractivity contribution in [2.45, 2.75) is 12.8 Å². The molecule has 3 heteroatoms. The minimum Gasteiger partial charge on any atom is -0.461 e. The standard InChI is InChI=1S/C19H14O3/c20-17(11-14-9-13-6-2-4-8-18(13)22-14)16-10-12-5-1-3-7-15(12)19(16)21/h1-9,16H,10-11H2. The quantitative estimate of drug-likeness (QED) is 0.692. The molecule has 1 aliphatic rings. The van der Waals surface area contributed by atoms with Gasteiger partial charge in [0.1, 0.15) is 11.3 Å². The summed E-state index contributed by atoms with van der Waals surface area (Å²) in [6.45, 7) is 0. The van der Waals surface area contributed by atoms with Gasteiger partial charge in [-0.05, 0) is 24.1 Å². The van der Waals surface area contributed by atoms with Gasteiger partial charge in [0.2, 0.25) is 0 Å². The predicted molar refractivity (Wildman–Crippen MR) is 82.9 cm³/mol. The minimum atomic E-state index is -0.564. The molecule has 3 nitrogen and oxygen atoms in total. The Hall–Kier alpha value is -2.68. The van der Waals surface area contributed by atoms with E-state index >= 15 is 0 Å². The first kappa shape index (κ1) is 13.0. The van der Waals surface area contributed by atoms with Gasteiger partial charge in [-0.1, -0.05) is 42.5 Å². The molecule has 1 aliphatic carbocycles. The third kappa shape index (κ3) is 2.06. The van der Waals surface area contributed by atoms with Gasteiger partial charge in [-0.15, -0.1) is 0 Å². The van der Waals surface area contributed by atoms with Crippen LogP contribution in [-0.4, -0.2) is 11.6 Å². The first-order valence-electron chi connectivity index (χ1n) is 7.34. The molecule has 3 aromatic rings. The van der Waals surface area contributed by atoms with Crippen molar-refractivity contribution in [3.05, 3.63) is 71.5 Å². The Kier molecular flexibility index (Phi) is 2.93. The second-order valence-electron chi connectivity index (χ2n) is 5.67. The fourth-order valence-corrected chi connectivity index (χ4v) is 3.12. The van der Waals surface area contributed by atoms with Gasteiger partial charge in [-0.2, -0.15) is 0 Å². The lowest BCUT2D eigenvalue weighted by Crippen LogP contribution is -2.22. The van der Waals surface area contributed by atoms with Crippen LogP contribution in [0.25, 0.3) is 11.0 Å². The second kappa shape index (κ2) is 4.95. The maximum absolute atomic E-state index is 12.5. The van der Waals surface area contributed by atoms with E-state index in [4.69, 9.17) is 4.42 Å². The van der Waals surface area contributed by atoms with Gasteiger partial charge in [-0.3, -0.25) is 9.59 Å². The van der Waals surface area contributed by atoms with Crippen LogP contribution < -0.4 is 0 Å². The molecule has 108 valence electrons. The van der Waals surface area contributed by atoms with Crippen molar-refractivity contribution in [1.82, 2.24) is 0 Å². The second-order valence-corrected chi connectivity index (χ2v) is 5.67. The molecular formula is C19H14O3. The van der Waals surface area contributed by atoms with Gasteiger partial charge in [0.15, 0.2) is 11.6 Å². The fourth-order valence-electron chi connectivity index (χ4n) is 3.12. The predicted octanol–water partition coefficient (Wildman–Crippen LogP) is 3.60. The summed E-state index contributed by atoms with van der Waals surface area (Å²) in [7, 11) is 0. The van der Waals surface area contributed by atoms with Crippen molar-refractivity contribution in [2.24, 2.45) is 5.92 Å². The zero-order valence-electron chi connectivity index (χ0n) is 11.9. The highest BCUT2D eigenvalue weighted by molar-refractivity contribution is 6.14. The minimum absolute atomic E-state index is 0.0586. The van der Waals surface area contributed by atoms with Crippen LogP contribution in [0.2, 0.25) is 0 Å². The third-order valence-corrected chi connectivity index (χ3v) is 4.24. The highest BCUT2D eigenvalue weighted by Crippen LogP contribution is 2.28. The van der Waals surface area contributed by atoms with Crippen LogP contribution in [0.15, 0.2) is 59.0 Å². The Labute approximate surface area is 127 Å². The van der Waals surface area contributed by atoms with E-state index in [0.29, 0.717) is 17.7 Å². The fraction of sp³-hybridized carbons (Fsp3) is 0.158. The number of para-hydroxylation sites is 1. The number of hydrogen-bond acceptors (Lipinski definition) is 3. The van der Waals surface area contributed by atoms with E-state index in [9.17, 15) is 9.59 Å². The zero-order valence-corrected chi connectivity index (χ0v) is 11.9. The number of Topliss-reactive ketones (excluding diaryl/α,β-unsaturated/α-hetero) is 2. The number of fused-ring (bicyclic) bond motifs is 2. The van der Waals surface area contributed by atoms with Gasteiger partial charge in [0.25, 0.3) is 0 Å². The van der Waals surface area contributed by atoms with Crippen molar-refractivity contribution in [3.8, 4) is 0 Å². The maximum atomic E-state index is 12.5.